The largest absolute Gasteiger partial charge is 0.458 e. The van der Waals surface area contributed by atoms with Gasteiger partial charge in [0.05, 0.1) is 21.5 Å². The van der Waals surface area contributed by atoms with Crippen molar-refractivity contribution in [2.45, 2.75) is 13.2 Å². The summed E-state index contributed by atoms with van der Waals surface area (Å²) in [6, 6.07) is 10.7. The Morgan fingerprint density at radius 1 is 1.10 bits per heavy atom. The maximum atomic E-state index is 12.4. The smallest absolute Gasteiger partial charge is 0.328 e. The van der Waals surface area contributed by atoms with E-state index in [2.05, 4.69) is 10.1 Å². The summed E-state index contributed by atoms with van der Waals surface area (Å²) in [7, 11) is 0. The van der Waals surface area contributed by atoms with Gasteiger partial charge in [0.15, 0.2) is 0 Å². The SMILES string of the molecule is O=C(Cn1[nH]c(=O)c2ccccc2c1=O)OCc1cc(=O)n2cc(Cl)ccc2n1. The van der Waals surface area contributed by atoms with Crippen molar-refractivity contribution in [3.8, 4) is 0 Å². The summed E-state index contributed by atoms with van der Waals surface area (Å²) in [5.41, 5.74) is -0.793. The molecular weight excluding hydrogens is 400 g/mol. The summed E-state index contributed by atoms with van der Waals surface area (Å²) in [6.45, 7) is -0.749. The molecule has 0 saturated carbocycles. The molecular formula is C19H13ClN4O5. The van der Waals surface area contributed by atoms with Gasteiger partial charge < -0.3 is 4.74 Å². The van der Waals surface area contributed by atoms with Gasteiger partial charge in [-0.25, -0.2) is 9.67 Å². The second-order valence-corrected chi connectivity index (χ2v) is 6.64. The molecule has 0 saturated heterocycles. The molecule has 0 radical (unpaired) electrons. The molecule has 10 heteroatoms. The number of hydrogen-bond donors (Lipinski definition) is 1. The zero-order chi connectivity index (χ0) is 20.5. The van der Waals surface area contributed by atoms with Crippen LogP contribution in [0.4, 0.5) is 0 Å². The molecule has 0 atom stereocenters. The fourth-order valence-corrected chi connectivity index (χ4v) is 3.05. The van der Waals surface area contributed by atoms with Crippen LogP contribution in [0, 0.1) is 0 Å². The van der Waals surface area contributed by atoms with E-state index >= 15 is 0 Å². The Bertz CT molecular complexity index is 1440. The van der Waals surface area contributed by atoms with E-state index in [0.717, 1.165) is 4.68 Å². The van der Waals surface area contributed by atoms with Crippen LogP contribution >= 0.6 is 11.6 Å². The Kier molecular flexibility index (Phi) is 4.73. The van der Waals surface area contributed by atoms with E-state index in [0.29, 0.717) is 10.7 Å². The van der Waals surface area contributed by atoms with Crippen molar-refractivity contribution < 1.29 is 9.53 Å². The zero-order valence-corrected chi connectivity index (χ0v) is 15.5. The Balaban J connectivity index is 1.53. The standard InChI is InChI=1S/C19H13ClN4O5/c20-11-5-6-15-21-12(7-16(25)23(15)8-11)10-29-17(26)9-24-19(28)14-4-2-1-3-13(14)18(27)22-24/h1-8H,9-10H2,(H,22,27). The molecule has 0 bridgehead atoms. The van der Waals surface area contributed by atoms with Crippen molar-refractivity contribution in [2.24, 2.45) is 0 Å². The van der Waals surface area contributed by atoms with Gasteiger partial charge in [-0.2, -0.15) is 0 Å². The highest BCUT2D eigenvalue weighted by Crippen LogP contribution is 2.09. The molecule has 1 aromatic carbocycles. The molecule has 0 spiro atoms. The number of aromatic amines is 1. The van der Waals surface area contributed by atoms with Crippen LogP contribution in [0.15, 0.2) is 63.0 Å². The summed E-state index contributed by atoms with van der Waals surface area (Å²) in [6.07, 6.45) is 1.44. The summed E-state index contributed by atoms with van der Waals surface area (Å²) < 4.78 is 7.27. The number of carbonyl (C=O) groups excluding carboxylic acids is 1. The van der Waals surface area contributed by atoms with Gasteiger partial charge >= 0.3 is 5.97 Å². The van der Waals surface area contributed by atoms with Crippen molar-refractivity contribution in [3.05, 3.63) is 90.4 Å². The molecule has 0 unspecified atom stereocenters. The quantitative estimate of drug-likeness (QED) is 0.502. The Labute approximate surface area is 166 Å². The minimum atomic E-state index is -0.767. The van der Waals surface area contributed by atoms with Crippen LogP contribution in [0.25, 0.3) is 16.4 Å². The second kappa shape index (κ2) is 7.36. The minimum absolute atomic E-state index is 0.201. The summed E-state index contributed by atoms with van der Waals surface area (Å²) in [5.74, 6) is -0.767. The highest BCUT2D eigenvalue weighted by molar-refractivity contribution is 6.30. The number of halogens is 1. The minimum Gasteiger partial charge on any atom is -0.458 e. The molecule has 0 amide bonds. The van der Waals surface area contributed by atoms with E-state index in [-0.39, 0.29) is 28.6 Å². The third kappa shape index (κ3) is 3.67. The number of aromatic nitrogens is 4. The van der Waals surface area contributed by atoms with Crippen LogP contribution < -0.4 is 16.7 Å². The molecule has 146 valence electrons. The lowest BCUT2D eigenvalue weighted by Gasteiger charge is -2.08. The Morgan fingerprint density at radius 2 is 1.86 bits per heavy atom. The molecule has 3 heterocycles. The first kappa shape index (κ1) is 18.6. The van der Waals surface area contributed by atoms with E-state index in [9.17, 15) is 19.2 Å². The van der Waals surface area contributed by atoms with Crippen molar-refractivity contribution in [1.29, 1.82) is 0 Å². The van der Waals surface area contributed by atoms with Gasteiger partial charge in [0.2, 0.25) is 0 Å². The summed E-state index contributed by atoms with van der Waals surface area (Å²) in [5, 5.41) is 3.18. The van der Waals surface area contributed by atoms with Crippen molar-refractivity contribution in [2.75, 3.05) is 0 Å². The second-order valence-electron chi connectivity index (χ2n) is 6.20. The lowest BCUT2D eigenvalue weighted by Crippen LogP contribution is -2.32. The highest BCUT2D eigenvalue weighted by Gasteiger charge is 2.12. The molecule has 0 aliphatic heterocycles. The molecule has 4 rings (SSSR count). The zero-order valence-electron chi connectivity index (χ0n) is 14.8. The molecule has 0 fully saturated rings. The molecule has 1 N–H and O–H groups in total. The van der Waals surface area contributed by atoms with E-state index in [4.69, 9.17) is 16.3 Å². The number of nitrogens with one attached hydrogen (secondary N) is 1. The third-order valence-corrected chi connectivity index (χ3v) is 4.45. The van der Waals surface area contributed by atoms with Crippen LogP contribution in [-0.2, 0) is 22.7 Å². The first-order chi connectivity index (χ1) is 13.9. The molecule has 9 nitrogen and oxygen atoms in total. The average Bonchev–Trinajstić information content (AvgIpc) is 2.71. The summed E-state index contributed by atoms with van der Waals surface area (Å²) >= 11 is 5.86. The molecule has 3 aromatic heterocycles. The fourth-order valence-electron chi connectivity index (χ4n) is 2.89. The number of esters is 1. The first-order valence-electron chi connectivity index (χ1n) is 8.48. The van der Waals surface area contributed by atoms with Gasteiger partial charge in [-0.15, -0.1) is 0 Å². The van der Waals surface area contributed by atoms with E-state index < -0.39 is 23.6 Å². The number of ether oxygens (including phenoxy) is 1. The van der Waals surface area contributed by atoms with Crippen molar-refractivity contribution in [3.63, 3.8) is 0 Å². The number of rotatable bonds is 4. The van der Waals surface area contributed by atoms with Crippen molar-refractivity contribution >= 4 is 34.0 Å². The van der Waals surface area contributed by atoms with Gasteiger partial charge in [0, 0.05) is 12.3 Å². The molecule has 0 aliphatic rings. The predicted octanol–water partition coefficient (Wildman–Crippen LogP) is 1.09. The van der Waals surface area contributed by atoms with E-state index in [1.54, 1.807) is 24.3 Å². The first-order valence-corrected chi connectivity index (χ1v) is 8.85. The predicted molar refractivity (Wildman–Crippen MR) is 105 cm³/mol. The van der Waals surface area contributed by atoms with Crippen LogP contribution in [0.2, 0.25) is 5.02 Å². The molecule has 4 aromatic rings. The topological polar surface area (TPSA) is 116 Å². The number of benzene rings is 1. The van der Waals surface area contributed by atoms with Crippen LogP contribution in [-0.4, -0.2) is 25.1 Å². The van der Waals surface area contributed by atoms with Crippen LogP contribution in [0.5, 0.6) is 0 Å². The third-order valence-electron chi connectivity index (χ3n) is 4.23. The lowest BCUT2D eigenvalue weighted by molar-refractivity contribution is -0.146. The van der Waals surface area contributed by atoms with Gasteiger partial charge in [-0.05, 0) is 24.3 Å². The average molecular weight is 413 g/mol. The van der Waals surface area contributed by atoms with E-state index in [1.165, 1.54) is 28.8 Å². The number of fused-ring (bicyclic) bond motifs is 2. The van der Waals surface area contributed by atoms with E-state index in [1.807, 2.05) is 0 Å². The Hall–Kier alpha value is -3.72. The number of nitrogens with zero attached hydrogens (tertiary/aromatic N) is 3. The van der Waals surface area contributed by atoms with Crippen molar-refractivity contribution in [1.82, 2.24) is 19.2 Å². The fraction of sp³-hybridized carbons (Fsp3) is 0.105. The number of hydrogen-bond acceptors (Lipinski definition) is 6. The van der Waals surface area contributed by atoms with Gasteiger partial charge in [0.1, 0.15) is 18.8 Å². The summed E-state index contributed by atoms with van der Waals surface area (Å²) in [4.78, 5) is 53.0. The molecule has 29 heavy (non-hydrogen) atoms. The van der Waals surface area contributed by atoms with Gasteiger partial charge in [-0.3, -0.25) is 28.7 Å². The number of pyridine rings is 1. The van der Waals surface area contributed by atoms with Gasteiger partial charge in [0.25, 0.3) is 16.7 Å². The van der Waals surface area contributed by atoms with Gasteiger partial charge in [-0.1, -0.05) is 23.7 Å². The highest BCUT2D eigenvalue weighted by atomic mass is 35.5. The number of carbonyl (C=O) groups is 1. The van der Waals surface area contributed by atoms with Crippen LogP contribution in [0.3, 0.4) is 0 Å². The lowest BCUT2D eigenvalue weighted by atomic mass is 10.2. The molecule has 0 aliphatic carbocycles. The Morgan fingerprint density at radius 3 is 2.66 bits per heavy atom. The maximum absolute atomic E-state index is 12.4. The monoisotopic (exact) mass is 412 g/mol. The maximum Gasteiger partial charge on any atom is 0.328 e. The number of H-pyrrole nitrogens is 1. The normalized spacial score (nSPS) is 11.1. The van der Waals surface area contributed by atoms with Crippen LogP contribution in [0.1, 0.15) is 5.69 Å².